The van der Waals surface area contributed by atoms with Crippen molar-refractivity contribution in [2.75, 3.05) is 6.54 Å². The minimum absolute atomic E-state index is 0.0557. The van der Waals surface area contributed by atoms with Gasteiger partial charge in [-0.1, -0.05) is 13.8 Å². The average Bonchev–Trinajstić information content (AvgIpc) is 2.83. The van der Waals surface area contributed by atoms with Crippen LogP contribution in [0.15, 0.2) is 12.4 Å². The van der Waals surface area contributed by atoms with Crippen molar-refractivity contribution in [1.29, 1.82) is 0 Å². The van der Waals surface area contributed by atoms with E-state index in [9.17, 15) is 10.1 Å². The Morgan fingerprint density at radius 2 is 2.26 bits per heavy atom. The predicted octanol–water partition coefficient (Wildman–Crippen LogP) is 2.21. The largest absolute Gasteiger partial charge is 0.312 e. The second-order valence-corrected chi connectivity index (χ2v) is 5.64. The SMILES string of the molecule is C[C@@H]1CC[C@@H](NCCn2cc([N+](=O)[O-])cn2)C[C@H]1C. The van der Waals surface area contributed by atoms with Crippen LogP contribution in [0.3, 0.4) is 0 Å². The minimum atomic E-state index is -0.416. The fraction of sp³-hybridized carbons (Fsp3) is 0.769. The highest BCUT2D eigenvalue weighted by atomic mass is 16.6. The van der Waals surface area contributed by atoms with E-state index in [-0.39, 0.29) is 5.69 Å². The van der Waals surface area contributed by atoms with Crippen LogP contribution in [0.4, 0.5) is 5.69 Å². The molecule has 3 atom stereocenters. The molecule has 1 aliphatic carbocycles. The maximum atomic E-state index is 10.5. The summed E-state index contributed by atoms with van der Waals surface area (Å²) in [6.07, 6.45) is 6.51. The lowest BCUT2D eigenvalue weighted by molar-refractivity contribution is -0.385. The zero-order valence-electron chi connectivity index (χ0n) is 11.6. The number of rotatable bonds is 5. The molecular weight excluding hydrogens is 244 g/mol. The van der Waals surface area contributed by atoms with Gasteiger partial charge < -0.3 is 5.32 Å². The van der Waals surface area contributed by atoms with E-state index in [1.165, 1.54) is 31.7 Å². The molecule has 0 bridgehead atoms. The molecule has 1 N–H and O–H groups in total. The van der Waals surface area contributed by atoms with Gasteiger partial charge >= 0.3 is 5.69 Å². The van der Waals surface area contributed by atoms with Gasteiger partial charge in [0.2, 0.25) is 0 Å². The zero-order valence-corrected chi connectivity index (χ0v) is 11.6. The van der Waals surface area contributed by atoms with E-state index in [1.54, 1.807) is 4.68 Å². The third-order valence-corrected chi connectivity index (χ3v) is 4.20. The van der Waals surface area contributed by atoms with Gasteiger partial charge in [-0.3, -0.25) is 14.8 Å². The number of hydrogen-bond acceptors (Lipinski definition) is 4. The molecule has 0 aromatic carbocycles. The second kappa shape index (κ2) is 6.14. The highest BCUT2D eigenvalue weighted by Crippen LogP contribution is 2.29. The molecule has 0 radical (unpaired) electrons. The van der Waals surface area contributed by atoms with E-state index < -0.39 is 4.92 Å². The Hall–Kier alpha value is -1.43. The molecule has 6 nitrogen and oxygen atoms in total. The lowest BCUT2D eigenvalue weighted by Crippen LogP contribution is -2.37. The van der Waals surface area contributed by atoms with Gasteiger partial charge in [0.05, 0.1) is 11.5 Å². The van der Waals surface area contributed by atoms with Gasteiger partial charge in [0.15, 0.2) is 0 Å². The topological polar surface area (TPSA) is 73.0 Å². The molecule has 19 heavy (non-hydrogen) atoms. The molecule has 1 saturated carbocycles. The lowest BCUT2D eigenvalue weighted by Gasteiger charge is -2.32. The molecule has 0 amide bonds. The highest BCUT2D eigenvalue weighted by molar-refractivity contribution is 5.20. The van der Waals surface area contributed by atoms with E-state index in [4.69, 9.17) is 0 Å². The molecule has 0 saturated heterocycles. The molecule has 1 aliphatic rings. The fourth-order valence-electron chi connectivity index (χ4n) is 2.69. The Morgan fingerprint density at radius 3 is 2.89 bits per heavy atom. The molecule has 106 valence electrons. The van der Waals surface area contributed by atoms with Gasteiger partial charge in [0.25, 0.3) is 0 Å². The van der Waals surface area contributed by atoms with Crippen molar-refractivity contribution in [3.8, 4) is 0 Å². The summed E-state index contributed by atoms with van der Waals surface area (Å²) in [5.74, 6) is 1.60. The van der Waals surface area contributed by atoms with Crippen LogP contribution in [0.25, 0.3) is 0 Å². The third-order valence-electron chi connectivity index (χ3n) is 4.20. The van der Waals surface area contributed by atoms with Crippen molar-refractivity contribution in [2.24, 2.45) is 11.8 Å². The number of nitrogens with one attached hydrogen (secondary N) is 1. The Morgan fingerprint density at radius 1 is 1.47 bits per heavy atom. The van der Waals surface area contributed by atoms with Crippen molar-refractivity contribution < 1.29 is 4.92 Å². The second-order valence-electron chi connectivity index (χ2n) is 5.64. The van der Waals surface area contributed by atoms with Crippen molar-refractivity contribution in [3.05, 3.63) is 22.5 Å². The van der Waals surface area contributed by atoms with Gasteiger partial charge in [0.1, 0.15) is 12.4 Å². The van der Waals surface area contributed by atoms with Crippen LogP contribution < -0.4 is 5.32 Å². The number of aromatic nitrogens is 2. The number of hydrogen-bond donors (Lipinski definition) is 1. The first-order chi connectivity index (χ1) is 9.06. The molecule has 1 fully saturated rings. The van der Waals surface area contributed by atoms with Gasteiger partial charge in [-0.05, 0) is 31.1 Å². The molecule has 6 heteroatoms. The maximum absolute atomic E-state index is 10.5. The van der Waals surface area contributed by atoms with Crippen LogP contribution in [0, 0.1) is 22.0 Å². The van der Waals surface area contributed by atoms with Crippen molar-refractivity contribution in [2.45, 2.75) is 45.7 Å². The quantitative estimate of drug-likeness (QED) is 0.655. The summed E-state index contributed by atoms with van der Waals surface area (Å²) in [7, 11) is 0. The summed E-state index contributed by atoms with van der Waals surface area (Å²) in [4.78, 5) is 10.1. The lowest BCUT2D eigenvalue weighted by atomic mass is 9.79. The van der Waals surface area contributed by atoms with Gasteiger partial charge in [-0.2, -0.15) is 5.10 Å². The van der Waals surface area contributed by atoms with E-state index in [2.05, 4.69) is 24.3 Å². The summed E-state index contributed by atoms with van der Waals surface area (Å²) in [6.45, 7) is 6.12. The predicted molar refractivity (Wildman–Crippen MR) is 72.9 cm³/mol. The Kier molecular flexibility index (Phi) is 4.52. The van der Waals surface area contributed by atoms with Gasteiger partial charge in [0, 0.05) is 12.6 Å². The Labute approximate surface area is 113 Å². The molecule has 1 aromatic rings. The Bertz CT molecular complexity index is 432. The molecule has 0 unspecified atom stereocenters. The first-order valence-corrected chi connectivity index (χ1v) is 6.96. The van der Waals surface area contributed by atoms with E-state index in [1.807, 2.05) is 0 Å². The van der Waals surface area contributed by atoms with Crippen LogP contribution in [-0.2, 0) is 6.54 Å². The Balaban J connectivity index is 1.72. The number of nitro groups is 1. The summed E-state index contributed by atoms with van der Waals surface area (Å²) in [5.41, 5.74) is 0.0557. The molecule has 1 heterocycles. The highest BCUT2D eigenvalue weighted by Gasteiger charge is 2.23. The van der Waals surface area contributed by atoms with Crippen LogP contribution in [0.1, 0.15) is 33.1 Å². The molecule has 2 rings (SSSR count). The van der Waals surface area contributed by atoms with Gasteiger partial charge in [-0.25, -0.2) is 0 Å². The van der Waals surface area contributed by atoms with Crippen LogP contribution in [-0.4, -0.2) is 27.3 Å². The summed E-state index contributed by atoms with van der Waals surface area (Å²) < 4.78 is 1.63. The summed E-state index contributed by atoms with van der Waals surface area (Å²) >= 11 is 0. The van der Waals surface area contributed by atoms with E-state index in [0.717, 1.165) is 18.4 Å². The first kappa shape index (κ1) is 14.0. The third kappa shape index (κ3) is 3.76. The normalized spacial score (nSPS) is 27.4. The van der Waals surface area contributed by atoms with E-state index >= 15 is 0 Å². The van der Waals surface area contributed by atoms with Gasteiger partial charge in [-0.15, -0.1) is 0 Å². The van der Waals surface area contributed by atoms with E-state index in [0.29, 0.717) is 12.6 Å². The monoisotopic (exact) mass is 266 g/mol. The smallest absolute Gasteiger partial charge is 0.306 e. The zero-order chi connectivity index (χ0) is 13.8. The molecule has 1 aromatic heterocycles. The maximum Gasteiger partial charge on any atom is 0.306 e. The van der Waals surface area contributed by atoms with Crippen LogP contribution >= 0.6 is 0 Å². The van der Waals surface area contributed by atoms with Crippen LogP contribution in [0.2, 0.25) is 0 Å². The standard InChI is InChI=1S/C13H22N4O2/c1-10-3-4-12(7-11(10)2)14-5-6-16-9-13(8-15-16)17(18)19/h8-12,14H,3-7H2,1-2H3/t10-,11-,12-/m1/s1. The summed E-state index contributed by atoms with van der Waals surface area (Å²) in [6, 6.07) is 0.580. The van der Waals surface area contributed by atoms with Crippen LogP contribution in [0.5, 0.6) is 0 Å². The summed E-state index contributed by atoms with van der Waals surface area (Å²) in [5, 5.41) is 18.0. The first-order valence-electron chi connectivity index (χ1n) is 6.96. The van der Waals surface area contributed by atoms with Crippen molar-refractivity contribution in [3.63, 3.8) is 0 Å². The molecule has 0 aliphatic heterocycles. The molecule has 0 spiro atoms. The minimum Gasteiger partial charge on any atom is -0.312 e. The van der Waals surface area contributed by atoms with Crippen molar-refractivity contribution in [1.82, 2.24) is 15.1 Å². The fourth-order valence-corrected chi connectivity index (χ4v) is 2.69. The average molecular weight is 266 g/mol. The molecular formula is C13H22N4O2. The van der Waals surface area contributed by atoms with Crippen molar-refractivity contribution >= 4 is 5.69 Å². The number of nitrogens with zero attached hydrogens (tertiary/aromatic N) is 3.